The largest absolute Gasteiger partial charge is 0.481 e. The van der Waals surface area contributed by atoms with E-state index in [9.17, 15) is 4.79 Å². The van der Waals surface area contributed by atoms with E-state index in [4.69, 9.17) is 5.11 Å². The van der Waals surface area contributed by atoms with E-state index in [2.05, 4.69) is 10.3 Å². The molecule has 1 N–H and O–H groups in total. The first-order valence-corrected chi connectivity index (χ1v) is 5.36. The molecule has 0 fully saturated rings. The fourth-order valence-electron chi connectivity index (χ4n) is 1.50. The van der Waals surface area contributed by atoms with Crippen LogP contribution in [0.15, 0.2) is 36.5 Å². The molecule has 1 atom stereocenters. The molecule has 1 aromatic carbocycles. The van der Waals surface area contributed by atoms with Crippen molar-refractivity contribution < 1.29 is 9.90 Å². The summed E-state index contributed by atoms with van der Waals surface area (Å²) in [5.41, 5.74) is 1.60. The van der Waals surface area contributed by atoms with Crippen LogP contribution in [0.3, 0.4) is 0 Å². The lowest BCUT2D eigenvalue weighted by Crippen LogP contribution is -2.12. The smallest absolute Gasteiger partial charge is 0.306 e. The minimum Gasteiger partial charge on any atom is -0.481 e. The Morgan fingerprint density at radius 2 is 2.12 bits per heavy atom. The number of nitrogens with zero attached hydrogens (tertiary/aromatic N) is 3. The Hall–Kier alpha value is -2.17. The standard InChI is InChI=1S/C12H13N3O2/c1-9(12(16)17)7-10-8-15(14-13-10)11-5-3-2-4-6-11/h2-6,8-9H,7H2,1H3,(H,16,17). The number of hydrogen-bond donors (Lipinski definition) is 1. The molecule has 0 amide bonds. The van der Waals surface area contributed by atoms with Crippen molar-refractivity contribution in [3.05, 3.63) is 42.2 Å². The molecule has 0 saturated carbocycles. The molecular formula is C12H13N3O2. The highest BCUT2D eigenvalue weighted by Gasteiger charge is 2.14. The van der Waals surface area contributed by atoms with Crippen LogP contribution < -0.4 is 0 Å². The molecule has 2 aromatic rings. The van der Waals surface area contributed by atoms with Crippen LogP contribution in [-0.2, 0) is 11.2 Å². The van der Waals surface area contributed by atoms with Crippen molar-refractivity contribution in [2.75, 3.05) is 0 Å². The molecule has 1 heterocycles. The molecule has 1 unspecified atom stereocenters. The molecule has 0 radical (unpaired) electrons. The van der Waals surface area contributed by atoms with Gasteiger partial charge >= 0.3 is 5.97 Å². The first kappa shape index (κ1) is 11.3. The minimum absolute atomic E-state index is 0.391. The van der Waals surface area contributed by atoms with Crippen LogP contribution >= 0.6 is 0 Å². The Morgan fingerprint density at radius 1 is 1.41 bits per heavy atom. The van der Waals surface area contributed by atoms with Crippen LogP contribution in [0.1, 0.15) is 12.6 Å². The van der Waals surface area contributed by atoms with Crippen LogP contribution in [-0.4, -0.2) is 26.1 Å². The van der Waals surface area contributed by atoms with Crippen molar-refractivity contribution in [1.29, 1.82) is 0 Å². The molecule has 5 nitrogen and oxygen atoms in total. The van der Waals surface area contributed by atoms with Gasteiger partial charge in [0, 0.05) is 6.42 Å². The summed E-state index contributed by atoms with van der Waals surface area (Å²) in [4.78, 5) is 10.7. The van der Waals surface area contributed by atoms with Crippen molar-refractivity contribution in [3.8, 4) is 5.69 Å². The van der Waals surface area contributed by atoms with E-state index in [-0.39, 0.29) is 0 Å². The van der Waals surface area contributed by atoms with E-state index in [0.717, 1.165) is 5.69 Å². The number of aliphatic carboxylic acids is 1. The highest BCUT2D eigenvalue weighted by atomic mass is 16.4. The fourth-order valence-corrected chi connectivity index (χ4v) is 1.50. The zero-order valence-corrected chi connectivity index (χ0v) is 9.45. The molecular weight excluding hydrogens is 218 g/mol. The highest BCUT2D eigenvalue weighted by molar-refractivity contribution is 5.69. The number of carboxylic acid groups (broad SMARTS) is 1. The van der Waals surface area contributed by atoms with Gasteiger partial charge in [-0.3, -0.25) is 4.79 Å². The predicted molar refractivity (Wildman–Crippen MR) is 61.9 cm³/mol. The van der Waals surface area contributed by atoms with Gasteiger partial charge in [0.25, 0.3) is 0 Å². The lowest BCUT2D eigenvalue weighted by atomic mass is 10.1. The Labute approximate surface area is 98.7 Å². The summed E-state index contributed by atoms with van der Waals surface area (Å²) in [7, 11) is 0. The average Bonchev–Trinajstić information content (AvgIpc) is 2.78. The first-order valence-electron chi connectivity index (χ1n) is 5.36. The fraction of sp³-hybridized carbons (Fsp3) is 0.250. The summed E-state index contributed by atoms with van der Waals surface area (Å²) in [5.74, 6) is -1.27. The summed E-state index contributed by atoms with van der Waals surface area (Å²) >= 11 is 0. The van der Waals surface area contributed by atoms with Gasteiger partial charge in [-0.2, -0.15) is 0 Å². The third-order valence-electron chi connectivity index (χ3n) is 2.50. The van der Waals surface area contributed by atoms with Gasteiger partial charge in [0.15, 0.2) is 0 Å². The van der Waals surface area contributed by atoms with Gasteiger partial charge < -0.3 is 5.11 Å². The summed E-state index contributed by atoms with van der Waals surface area (Å²) in [6, 6.07) is 9.58. The number of para-hydroxylation sites is 1. The molecule has 0 aliphatic rings. The van der Waals surface area contributed by atoms with Gasteiger partial charge in [0.1, 0.15) is 0 Å². The molecule has 0 aliphatic heterocycles. The Balaban J connectivity index is 2.14. The number of hydrogen-bond acceptors (Lipinski definition) is 3. The highest BCUT2D eigenvalue weighted by Crippen LogP contribution is 2.09. The van der Waals surface area contributed by atoms with Gasteiger partial charge in [-0.25, -0.2) is 4.68 Å². The number of benzene rings is 1. The van der Waals surface area contributed by atoms with Crippen LogP contribution in [0.5, 0.6) is 0 Å². The second-order valence-corrected chi connectivity index (χ2v) is 3.93. The third kappa shape index (κ3) is 2.69. The van der Waals surface area contributed by atoms with Gasteiger partial charge in [-0.05, 0) is 12.1 Å². The van der Waals surface area contributed by atoms with Gasteiger partial charge in [-0.1, -0.05) is 30.3 Å². The quantitative estimate of drug-likeness (QED) is 0.866. The summed E-state index contributed by atoms with van der Waals surface area (Å²) < 4.78 is 1.64. The lowest BCUT2D eigenvalue weighted by Gasteiger charge is -2.01. The van der Waals surface area contributed by atoms with Crippen molar-refractivity contribution in [1.82, 2.24) is 15.0 Å². The summed E-state index contributed by atoms with van der Waals surface area (Å²) in [6.07, 6.45) is 2.15. The van der Waals surface area contributed by atoms with Gasteiger partial charge in [0.2, 0.25) is 0 Å². The number of carboxylic acids is 1. The first-order chi connectivity index (χ1) is 8.16. The molecule has 5 heteroatoms. The van der Waals surface area contributed by atoms with Crippen LogP contribution in [0.4, 0.5) is 0 Å². The van der Waals surface area contributed by atoms with E-state index < -0.39 is 11.9 Å². The molecule has 0 spiro atoms. The molecule has 0 aliphatic carbocycles. The molecule has 88 valence electrons. The predicted octanol–water partition coefficient (Wildman–Crippen LogP) is 1.53. The maximum Gasteiger partial charge on any atom is 0.306 e. The van der Waals surface area contributed by atoms with Gasteiger partial charge in [-0.15, -0.1) is 5.10 Å². The number of aromatic nitrogens is 3. The molecule has 1 aromatic heterocycles. The average molecular weight is 231 g/mol. The van der Waals surface area contributed by atoms with E-state index in [1.807, 2.05) is 30.3 Å². The van der Waals surface area contributed by atoms with E-state index >= 15 is 0 Å². The van der Waals surface area contributed by atoms with Gasteiger partial charge in [0.05, 0.1) is 23.5 Å². The van der Waals surface area contributed by atoms with Crippen molar-refractivity contribution in [2.45, 2.75) is 13.3 Å². The van der Waals surface area contributed by atoms with Crippen LogP contribution in [0.25, 0.3) is 5.69 Å². The minimum atomic E-state index is -0.820. The van der Waals surface area contributed by atoms with Crippen LogP contribution in [0, 0.1) is 5.92 Å². The lowest BCUT2D eigenvalue weighted by molar-refractivity contribution is -0.141. The topological polar surface area (TPSA) is 68.0 Å². The molecule has 2 rings (SSSR count). The second-order valence-electron chi connectivity index (χ2n) is 3.93. The Morgan fingerprint density at radius 3 is 2.76 bits per heavy atom. The molecule has 0 bridgehead atoms. The Kier molecular flexibility index (Phi) is 3.18. The molecule has 17 heavy (non-hydrogen) atoms. The van der Waals surface area contributed by atoms with Crippen LogP contribution in [0.2, 0.25) is 0 Å². The second kappa shape index (κ2) is 4.78. The van der Waals surface area contributed by atoms with Crippen molar-refractivity contribution >= 4 is 5.97 Å². The normalized spacial score (nSPS) is 12.3. The van der Waals surface area contributed by atoms with Crippen molar-refractivity contribution in [3.63, 3.8) is 0 Å². The van der Waals surface area contributed by atoms with E-state index in [1.54, 1.807) is 17.8 Å². The zero-order chi connectivity index (χ0) is 12.3. The number of rotatable bonds is 4. The summed E-state index contributed by atoms with van der Waals surface area (Å²) in [6.45, 7) is 1.66. The number of carbonyl (C=O) groups is 1. The third-order valence-corrected chi connectivity index (χ3v) is 2.50. The Bertz CT molecular complexity index is 507. The van der Waals surface area contributed by atoms with E-state index in [1.165, 1.54) is 0 Å². The van der Waals surface area contributed by atoms with E-state index in [0.29, 0.717) is 12.1 Å². The zero-order valence-electron chi connectivity index (χ0n) is 9.45. The van der Waals surface area contributed by atoms with Crippen molar-refractivity contribution in [2.24, 2.45) is 5.92 Å². The SMILES string of the molecule is CC(Cc1cn(-c2ccccc2)nn1)C(=O)O. The molecule has 0 saturated heterocycles. The maximum absolute atomic E-state index is 10.7. The summed E-state index contributed by atoms with van der Waals surface area (Å²) in [5, 5.41) is 16.7. The maximum atomic E-state index is 10.7. The monoisotopic (exact) mass is 231 g/mol.